The first kappa shape index (κ1) is 22.1. The highest BCUT2D eigenvalue weighted by molar-refractivity contribution is 7.91. The van der Waals surface area contributed by atoms with E-state index in [1.165, 1.54) is 38.4 Å². The lowest BCUT2D eigenvalue weighted by Gasteiger charge is -2.12. The molecular weight excluding hydrogens is 400 g/mol. The summed E-state index contributed by atoms with van der Waals surface area (Å²) in [5, 5.41) is 2.60. The van der Waals surface area contributed by atoms with E-state index in [9.17, 15) is 21.6 Å². The average molecular weight is 425 g/mol. The molecule has 1 N–H and O–H groups in total. The molecule has 0 heterocycles. The zero-order valence-corrected chi connectivity index (χ0v) is 17.5. The molecule has 0 spiro atoms. The van der Waals surface area contributed by atoms with Gasteiger partial charge >= 0.3 is 0 Å². The van der Waals surface area contributed by atoms with Crippen LogP contribution in [0.15, 0.2) is 59.5 Å². The average Bonchev–Trinajstić information content (AvgIpc) is 2.61. The quantitative estimate of drug-likeness (QED) is 0.652. The Bertz CT molecular complexity index is 1020. The number of sulfonamides is 1. The zero-order valence-electron chi connectivity index (χ0n) is 15.8. The van der Waals surface area contributed by atoms with E-state index in [0.717, 1.165) is 9.87 Å². The van der Waals surface area contributed by atoms with Gasteiger partial charge in [0.25, 0.3) is 0 Å². The van der Waals surface area contributed by atoms with E-state index in [0.29, 0.717) is 18.5 Å². The minimum Gasteiger partial charge on any atom is -0.355 e. The molecule has 2 rings (SSSR count). The maximum absolute atomic E-state index is 12.3. The van der Waals surface area contributed by atoms with E-state index in [1.807, 2.05) is 30.3 Å². The first-order valence-electron chi connectivity index (χ1n) is 8.63. The summed E-state index contributed by atoms with van der Waals surface area (Å²) in [6.45, 7) is 0.342. The Kier molecular flexibility index (Phi) is 7.34. The van der Waals surface area contributed by atoms with Crippen LogP contribution >= 0.6 is 0 Å². The van der Waals surface area contributed by atoms with E-state index in [-0.39, 0.29) is 4.90 Å². The Hall–Kier alpha value is -2.23. The maximum atomic E-state index is 12.3. The fraction of sp³-hybridized carbons (Fsp3) is 0.316. The number of rotatable bonds is 9. The molecular formula is C19H24N2O5S2. The highest BCUT2D eigenvalue weighted by atomic mass is 32.2. The van der Waals surface area contributed by atoms with Gasteiger partial charge in [0.2, 0.25) is 15.9 Å². The Morgan fingerprint density at radius 2 is 1.57 bits per heavy atom. The van der Waals surface area contributed by atoms with Gasteiger partial charge in [-0.05, 0) is 29.7 Å². The molecule has 0 saturated heterocycles. The van der Waals surface area contributed by atoms with E-state index in [1.54, 1.807) is 0 Å². The minimum atomic E-state index is -3.73. The van der Waals surface area contributed by atoms with Crippen LogP contribution in [0, 0.1) is 0 Å². The summed E-state index contributed by atoms with van der Waals surface area (Å²) in [4.78, 5) is 12.0. The van der Waals surface area contributed by atoms with E-state index < -0.39 is 37.3 Å². The van der Waals surface area contributed by atoms with Crippen molar-refractivity contribution in [1.82, 2.24) is 9.62 Å². The summed E-state index contributed by atoms with van der Waals surface area (Å²) in [6.07, 6.45) is 0.608. The molecule has 7 nitrogen and oxygen atoms in total. The Labute approximate surface area is 166 Å². The lowest BCUT2D eigenvalue weighted by molar-refractivity contribution is -0.118. The van der Waals surface area contributed by atoms with Crippen molar-refractivity contribution in [2.45, 2.75) is 17.1 Å². The molecule has 0 aliphatic rings. The number of benzene rings is 2. The second kappa shape index (κ2) is 9.31. The largest absolute Gasteiger partial charge is 0.355 e. The predicted octanol–water partition coefficient (Wildman–Crippen LogP) is 1.21. The lowest BCUT2D eigenvalue weighted by atomic mass is 10.1. The molecule has 0 aromatic heterocycles. The Morgan fingerprint density at radius 1 is 0.929 bits per heavy atom. The third-order valence-electron chi connectivity index (χ3n) is 3.99. The summed E-state index contributed by atoms with van der Waals surface area (Å²) in [5.74, 6) is -1.63. The van der Waals surface area contributed by atoms with Gasteiger partial charge in [0.05, 0.1) is 10.6 Å². The summed E-state index contributed by atoms with van der Waals surface area (Å²) >= 11 is 0. The molecule has 9 heteroatoms. The van der Waals surface area contributed by atoms with Gasteiger partial charge in [-0.15, -0.1) is 0 Å². The highest BCUT2D eigenvalue weighted by Crippen LogP contribution is 2.16. The van der Waals surface area contributed by atoms with Crippen molar-refractivity contribution in [2.24, 2.45) is 0 Å². The van der Waals surface area contributed by atoms with Crippen molar-refractivity contribution in [3.63, 3.8) is 0 Å². The molecule has 0 aliphatic heterocycles. The van der Waals surface area contributed by atoms with E-state index in [2.05, 4.69) is 5.32 Å². The van der Waals surface area contributed by atoms with E-state index >= 15 is 0 Å². The summed E-state index contributed by atoms with van der Waals surface area (Å²) in [5.41, 5.74) is 1.37. The highest BCUT2D eigenvalue weighted by Gasteiger charge is 2.20. The van der Waals surface area contributed by atoms with Crippen molar-refractivity contribution >= 4 is 25.8 Å². The Balaban J connectivity index is 1.95. The van der Waals surface area contributed by atoms with Crippen molar-refractivity contribution in [2.75, 3.05) is 26.4 Å². The normalized spacial score (nSPS) is 12.1. The maximum Gasteiger partial charge on any atom is 0.242 e. The number of amides is 1. The molecule has 2 aromatic rings. The molecule has 0 fully saturated rings. The molecule has 28 heavy (non-hydrogen) atoms. The third kappa shape index (κ3) is 6.43. The number of carbonyl (C=O) groups is 1. The lowest BCUT2D eigenvalue weighted by Crippen LogP contribution is -2.32. The second-order valence-electron chi connectivity index (χ2n) is 6.55. The second-order valence-corrected chi connectivity index (χ2v) is 10.8. The molecule has 0 saturated carbocycles. The van der Waals surface area contributed by atoms with E-state index in [4.69, 9.17) is 0 Å². The van der Waals surface area contributed by atoms with Crippen molar-refractivity contribution in [1.29, 1.82) is 0 Å². The van der Waals surface area contributed by atoms with Gasteiger partial charge in [0.1, 0.15) is 5.75 Å². The predicted molar refractivity (Wildman–Crippen MR) is 108 cm³/mol. The van der Waals surface area contributed by atoms with Crippen LogP contribution in [-0.2, 0) is 36.8 Å². The van der Waals surface area contributed by atoms with Gasteiger partial charge in [-0.1, -0.05) is 42.5 Å². The monoisotopic (exact) mass is 424 g/mol. The number of nitrogens with one attached hydrogen (secondary N) is 1. The topological polar surface area (TPSA) is 101 Å². The van der Waals surface area contributed by atoms with Crippen LogP contribution in [0.2, 0.25) is 0 Å². The minimum absolute atomic E-state index is 0.0116. The van der Waals surface area contributed by atoms with Crippen LogP contribution in [0.5, 0.6) is 0 Å². The van der Waals surface area contributed by atoms with Crippen molar-refractivity contribution in [3.05, 3.63) is 65.7 Å². The molecule has 152 valence electrons. The molecule has 0 unspecified atom stereocenters. The fourth-order valence-corrected chi connectivity index (χ4v) is 4.82. The molecule has 0 aliphatic carbocycles. The molecule has 0 bridgehead atoms. The zero-order chi connectivity index (χ0) is 20.8. The van der Waals surface area contributed by atoms with Crippen LogP contribution in [0.3, 0.4) is 0 Å². The SMILES string of the molecule is CN(C)S(=O)(=O)c1cccc(CS(=O)(=O)CC(=O)NCCc2ccccc2)c1. The van der Waals surface area contributed by atoms with Gasteiger partial charge in [0, 0.05) is 20.6 Å². The van der Waals surface area contributed by atoms with Gasteiger partial charge in [-0.3, -0.25) is 4.79 Å². The van der Waals surface area contributed by atoms with Gasteiger partial charge in [-0.25, -0.2) is 21.1 Å². The first-order valence-corrected chi connectivity index (χ1v) is 11.9. The van der Waals surface area contributed by atoms with Crippen LogP contribution < -0.4 is 5.32 Å². The molecule has 2 aromatic carbocycles. The standard InChI is InChI=1S/C19H24N2O5S2/c1-21(2)28(25,26)18-10-6-9-17(13-18)14-27(23,24)15-19(22)20-12-11-16-7-4-3-5-8-16/h3-10,13H,11-12,14-15H2,1-2H3,(H,20,22). The summed E-state index contributed by atoms with van der Waals surface area (Å²) < 4.78 is 50.0. The van der Waals surface area contributed by atoms with Crippen LogP contribution in [0.1, 0.15) is 11.1 Å². The number of hydrogen-bond acceptors (Lipinski definition) is 5. The smallest absolute Gasteiger partial charge is 0.242 e. The number of hydrogen-bond donors (Lipinski definition) is 1. The van der Waals surface area contributed by atoms with Gasteiger partial charge in [-0.2, -0.15) is 0 Å². The van der Waals surface area contributed by atoms with Crippen LogP contribution in [0.4, 0.5) is 0 Å². The fourth-order valence-electron chi connectivity index (χ4n) is 2.55. The molecule has 0 atom stereocenters. The number of sulfone groups is 1. The Morgan fingerprint density at radius 3 is 2.21 bits per heavy atom. The summed E-state index contributed by atoms with van der Waals surface area (Å²) in [6, 6.07) is 15.3. The van der Waals surface area contributed by atoms with Gasteiger partial charge in [0.15, 0.2) is 9.84 Å². The van der Waals surface area contributed by atoms with Crippen LogP contribution in [-0.4, -0.2) is 53.4 Å². The molecule has 0 radical (unpaired) electrons. The summed E-state index contributed by atoms with van der Waals surface area (Å²) in [7, 11) is -4.59. The molecule has 1 amide bonds. The number of carbonyl (C=O) groups excluding carboxylic acids is 1. The van der Waals surface area contributed by atoms with Crippen molar-refractivity contribution < 1.29 is 21.6 Å². The van der Waals surface area contributed by atoms with Crippen LogP contribution in [0.25, 0.3) is 0 Å². The first-order chi connectivity index (χ1) is 13.1. The third-order valence-corrected chi connectivity index (χ3v) is 7.28. The number of nitrogens with zero attached hydrogens (tertiary/aromatic N) is 1. The van der Waals surface area contributed by atoms with Crippen molar-refractivity contribution in [3.8, 4) is 0 Å². The van der Waals surface area contributed by atoms with Gasteiger partial charge < -0.3 is 5.32 Å².